The van der Waals surface area contributed by atoms with Crippen molar-refractivity contribution in [2.75, 3.05) is 0 Å². The number of hydrogen-bond donors (Lipinski definition) is 1. The van der Waals surface area contributed by atoms with Crippen molar-refractivity contribution < 1.29 is 19.4 Å². The van der Waals surface area contributed by atoms with Crippen molar-refractivity contribution in [3.05, 3.63) is 11.6 Å². The van der Waals surface area contributed by atoms with E-state index in [9.17, 15) is 14.7 Å². The van der Waals surface area contributed by atoms with Gasteiger partial charge in [-0.15, -0.1) is 6.42 Å². The van der Waals surface area contributed by atoms with Crippen LogP contribution in [0.2, 0.25) is 0 Å². The molecule has 0 radical (unpaired) electrons. The van der Waals surface area contributed by atoms with Gasteiger partial charge >= 0.3 is 5.97 Å². The highest BCUT2D eigenvalue weighted by Gasteiger charge is 2.64. The third-order valence-corrected chi connectivity index (χ3v) is 8.02. The number of hydrogen-bond acceptors (Lipinski definition) is 4. The van der Waals surface area contributed by atoms with Crippen LogP contribution in [-0.2, 0) is 14.3 Å². The maximum absolute atomic E-state index is 11.8. The highest BCUT2D eigenvalue weighted by Crippen LogP contribution is 2.65. The molecule has 4 unspecified atom stereocenters. The van der Waals surface area contributed by atoms with Crippen LogP contribution in [0.15, 0.2) is 11.6 Å². The van der Waals surface area contributed by atoms with Crippen LogP contribution in [0.5, 0.6) is 0 Å². The Morgan fingerprint density at radius 3 is 2.77 bits per heavy atom. The van der Waals surface area contributed by atoms with Crippen LogP contribution < -0.4 is 0 Å². The predicted octanol–water partition coefficient (Wildman–Crippen LogP) is 3.03. The molecule has 4 aliphatic rings. The SMILES string of the molecule is C#C[C@]1(OC(C)=O)CCC2C3C[C@@H](O)C4=CC(=O)CCC4C3CC[C@@]21C. The van der Waals surface area contributed by atoms with Crippen molar-refractivity contribution in [1.82, 2.24) is 0 Å². The van der Waals surface area contributed by atoms with Crippen LogP contribution in [0.4, 0.5) is 0 Å². The average Bonchev–Trinajstić information content (AvgIpc) is 2.88. The first-order valence-corrected chi connectivity index (χ1v) is 9.91. The zero-order valence-electron chi connectivity index (χ0n) is 15.7. The number of carbonyl (C=O) groups excluding carboxylic acids is 2. The van der Waals surface area contributed by atoms with Crippen molar-refractivity contribution in [2.45, 2.75) is 70.5 Å². The first kappa shape index (κ1) is 17.8. The summed E-state index contributed by atoms with van der Waals surface area (Å²) in [6.45, 7) is 3.62. The Labute approximate surface area is 155 Å². The monoisotopic (exact) mass is 356 g/mol. The van der Waals surface area contributed by atoms with Gasteiger partial charge in [0.2, 0.25) is 0 Å². The summed E-state index contributed by atoms with van der Waals surface area (Å²) in [6, 6.07) is 0. The molecule has 0 aromatic heterocycles. The average molecular weight is 356 g/mol. The summed E-state index contributed by atoms with van der Waals surface area (Å²) in [5, 5.41) is 10.8. The molecule has 4 nitrogen and oxygen atoms in total. The van der Waals surface area contributed by atoms with Crippen molar-refractivity contribution in [3.8, 4) is 12.3 Å². The van der Waals surface area contributed by atoms with Crippen LogP contribution in [0.1, 0.15) is 58.8 Å². The largest absolute Gasteiger partial charge is 0.445 e. The van der Waals surface area contributed by atoms with E-state index in [-0.39, 0.29) is 17.2 Å². The van der Waals surface area contributed by atoms with Crippen molar-refractivity contribution in [1.29, 1.82) is 0 Å². The summed E-state index contributed by atoms with van der Waals surface area (Å²) in [6.07, 6.45) is 12.8. The van der Waals surface area contributed by atoms with E-state index in [1.54, 1.807) is 6.08 Å². The standard InChI is InChI=1S/C22H28O4/c1-4-22(26-13(2)23)10-8-19-17-12-20(25)18-11-14(24)5-6-15(18)16(17)7-9-21(19,22)3/h1,11,15-17,19-20,25H,5-10,12H2,2-3H3/t15?,16?,17?,19?,20-,21+,22+/m1/s1. The third-order valence-electron chi connectivity index (χ3n) is 8.02. The first-order chi connectivity index (χ1) is 12.3. The molecule has 4 rings (SSSR count). The van der Waals surface area contributed by atoms with Crippen LogP contribution in [0.25, 0.3) is 0 Å². The number of rotatable bonds is 1. The van der Waals surface area contributed by atoms with Crippen LogP contribution >= 0.6 is 0 Å². The van der Waals surface area contributed by atoms with Gasteiger partial charge in [0.1, 0.15) is 0 Å². The quantitative estimate of drug-likeness (QED) is 0.579. The van der Waals surface area contributed by atoms with E-state index in [0.29, 0.717) is 42.9 Å². The van der Waals surface area contributed by atoms with E-state index in [0.717, 1.165) is 31.3 Å². The number of esters is 1. The van der Waals surface area contributed by atoms with Crippen LogP contribution in [0.3, 0.4) is 0 Å². The lowest BCUT2D eigenvalue weighted by Crippen LogP contribution is -2.55. The number of aliphatic hydroxyl groups excluding tert-OH is 1. The van der Waals surface area contributed by atoms with Gasteiger partial charge in [-0.1, -0.05) is 12.8 Å². The summed E-state index contributed by atoms with van der Waals surface area (Å²) in [4.78, 5) is 23.6. The molecule has 0 bridgehead atoms. The van der Waals surface area contributed by atoms with Gasteiger partial charge in [-0.05, 0) is 73.8 Å². The smallest absolute Gasteiger partial charge is 0.304 e. The van der Waals surface area contributed by atoms with E-state index in [1.165, 1.54) is 6.92 Å². The number of terminal acetylenes is 1. The molecule has 0 saturated heterocycles. The Balaban J connectivity index is 1.68. The first-order valence-electron chi connectivity index (χ1n) is 9.91. The fourth-order valence-corrected chi connectivity index (χ4v) is 6.86. The van der Waals surface area contributed by atoms with E-state index in [4.69, 9.17) is 11.2 Å². The van der Waals surface area contributed by atoms with Gasteiger partial charge in [-0.2, -0.15) is 0 Å². The van der Waals surface area contributed by atoms with Gasteiger partial charge in [0.15, 0.2) is 11.4 Å². The number of ketones is 1. The van der Waals surface area contributed by atoms with Gasteiger partial charge in [-0.3, -0.25) is 9.59 Å². The molecular formula is C22H28O4. The molecule has 0 aromatic rings. The van der Waals surface area contributed by atoms with E-state index in [1.807, 2.05) is 0 Å². The van der Waals surface area contributed by atoms with Gasteiger partial charge in [0.05, 0.1) is 6.10 Å². The summed E-state index contributed by atoms with van der Waals surface area (Å²) in [5.41, 5.74) is -0.0924. The summed E-state index contributed by atoms with van der Waals surface area (Å²) < 4.78 is 5.75. The van der Waals surface area contributed by atoms with Crippen molar-refractivity contribution >= 4 is 11.8 Å². The number of carbonyl (C=O) groups is 2. The van der Waals surface area contributed by atoms with Gasteiger partial charge in [-0.25, -0.2) is 0 Å². The normalized spacial score (nSPS) is 47.1. The van der Waals surface area contributed by atoms with E-state index in [2.05, 4.69) is 12.8 Å². The maximum atomic E-state index is 11.8. The van der Waals surface area contributed by atoms with Crippen LogP contribution in [0, 0.1) is 41.4 Å². The Morgan fingerprint density at radius 2 is 2.08 bits per heavy atom. The Kier molecular flexibility index (Phi) is 4.08. The summed E-state index contributed by atoms with van der Waals surface area (Å²) in [5.74, 6) is 4.25. The lowest BCUT2D eigenvalue weighted by atomic mass is 9.50. The van der Waals surface area contributed by atoms with Crippen LogP contribution in [-0.4, -0.2) is 28.6 Å². The fraction of sp³-hybridized carbons (Fsp3) is 0.727. The molecule has 4 heteroatoms. The van der Waals surface area contributed by atoms with Gasteiger partial charge in [0, 0.05) is 18.8 Å². The molecule has 26 heavy (non-hydrogen) atoms. The minimum absolute atomic E-state index is 0.150. The molecular weight excluding hydrogens is 328 g/mol. The molecule has 0 amide bonds. The molecule has 3 saturated carbocycles. The highest BCUT2D eigenvalue weighted by atomic mass is 16.6. The molecule has 4 aliphatic carbocycles. The molecule has 7 atom stereocenters. The molecule has 0 aromatic carbocycles. The summed E-state index contributed by atoms with van der Waals surface area (Å²) >= 11 is 0. The molecule has 0 aliphatic heterocycles. The van der Waals surface area contributed by atoms with Gasteiger partial charge in [0.25, 0.3) is 0 Å². The van der Waals surface area contributed by atoms with Crippen molar-refractivity contribution in [3.63, 3.8) is 0 Å². The second kappa shape index (κ2) is 5.96. The van der Waals surface area contributed by atoms with E-state index >= 15 is 0 Å². The number of ether oxygens (including phenoxy) is 1. The zero-order valence-corrected chi connectivity index (χ0v) is 15.7. The van der Waals surface area contributed by atoms with Crippen molar-refractivity contribution in [2.24, 2.45) is 29.1 Å². The Hall–Kier alpha value is -1.60. The number of fused-ring (bicyclic) bond motifs is 5. The minimum atomic E-state index is -0.821. The second-order valence-electron chi connectivity index (χ2n) is 9.00. The molecule has 3 fully saturated rings. The Bertz CT molecular complexity index is 716. The maximum Gasteiger partial charge on any atom is 0.304 e. The number of aliphatic hydroxyl groups is 1. The zero-order chi connectivity index (χ0) is 18.7. The molecule has 1 N–H and O–H groups in total. The topological polar surface area (TPSA) is 63.6 Å². The fourth-order valence-electron chi connectivity index (χ4n) is 6.86. The molecule has 0 spiro atoms. The minimum Gasteiger partial charge on any atom is -0.445 e. The predicted molar refractivity (Wildman–Crippen MR) is 96.8 cm³/mol. The highest BCUT2D eigenvalue weighted by molar-refractivity contribution is 5.91. The second-order valence-corrected chi connectivity index (χ2v) is 9.00. The molecule has 140 valence electrons. The van der Waals surface area contributed by atoms with E-state index < -0.39 is 11.7 Å². The van der Waals surface area contributed by atoms with Gasteiger partial charge < -0.3 is 9.84 Å². The lowest BCUT2D eigenvalue weighted by molar-refractivity contribution is -0.168. The third kappa shape index (κ3) is 2.33. The Morgan fingerprint density at radius 1 is 1.31 bits per heavy atom. The lowest BCUT2D eigenvalue weighted by Gasteiger charge is -2.56. The molecule has 0 heterocycles. The summed E-state index contributed by atoms with van der Waals surface area (Å²) in [7, 11) is 0.